The van der Waals surface area contributed by atoms with Crippen molar-refractivity contribution in [1.29, 1.82) is 0 Å². The number of aromatic nitrogens is 3. The number of hydrogen-bond donors (Lipinski definition) is 1. The van der Waals surface area contributed by atoms with Crippen molar-refractivity contribution in [3.8, 4) is 5.75 Å². The smallest absolute Gasteiger partial charge is 0.258 e. The summed E-state index contributed by atoms with van der Waals surface area (Å²) in [5.41, 5.74) is 1.83. The number of anilines is 1. The molecule has 1 fully saturated rings. The van der Waals surface area contributed by atoms with Crippen LogP contribution in [0.3, 0.4) is 0 Å². The van der Waals surface area contributed by atoms with Crippen molar-refractivity contribution in [2.45, 2.75) is 39.2 Å². The van der Waals surface area contributed by atoms with Gasteiger partial charge in [0.25, 0.3) is 5.91 Å². The fourth-order valence-electron chi connectivity index (χ4n) is 3.13. The van der Waals surface area contributed by atoms with Crippen molar-refractivity contribution in [2.75, 3.05) is 24.6 Å². The van der Waals surface area contributed by atoms with Crippen LogP contribution in [0, 0.1) is 6.92 Å². The third-order valence-electron chi connectivity index (χ3n) is 4.39. The number of pyridine rings is 1. The molecule has 0 aliphatic carbocycles. The first-order chi connectivity index (χ1) is 12.7. The van der Waals surface area contributed by atoms with Gasteiger partial charge in [0.15, 0.2) is 6.61 Å². The van der Waals surface area contributed by atoms with Gasteiger partial charge in [-0.3, -0.25) is 9.78 Å². The van der Waals surface area contributed by atoms with Crippen LogP contribution in [0.25, 0.3) is 0 Å². The van der Waals surface area contributed by atoms with Crippen LogP contribution in [0.2, 0.25) is 0 Å². The van der Waals surface area contributed by atoms with Gasteiger partial charge in [-0.1, -0.05) is 6.92 Å². The predicted octanol–water partition coefficient (Wildman–Crippen LogP) is 1.91. The molecule has 7 heteroatoms. The van der Waals surface area contributed by atoms with Crippen molar-refractivity contribution >= 4 is 11.9 Å². The van der Waals surface area contributed by atoms with Crippen molar-refractivity contribution in [2.24, 2.45) is 0 Å². The lowest BCUT2D eigenvalue weighted by atomic mass is 10.1. The van der Waals surface area contributed by atoms with E-state index >= 15 is 0 Å². The number of nitrogens with zero attached hydrogens (tertiary/aromatic N) is 4. The summed E-state index contributed by atoms with van der Waals surface area (Å²) in [7, 11) is 0. The number of aryl methyl sites for hydroxylation is 2. The van der Waals surface area contributed by atoms with Crippen LogP contribution in [0.5, 0.6) is 5.75 Å². The van der Waals surface area contributed by atoms with E-state index in [1.165, 1.54) is 0 Å². The van der Waals surface area contributed by atoms with Crippen LogP contribution in [-0.4, -0.2) is 46.6 Å². The van der Waals surface area contributed by atoms with Crippen molar-refractivity contribution in [1.82, 2.24) is 20.3 Å². The summed E-state index contributed by atoms with van der Waals surface area (Å²) in [6.07, 6.45) is 6.18. The minimum absolute atomic E-state index is 0.00389. The summed E-state index contributed by atoms with van der Waals surface area (Å²) >= 11 is 0. The molecule has 2 aromatic heterocycles. The first-order valence-electron chi connectivity index (χ1n) is 9.06. The summed E-state index contributed by atoms with van der Waals surface area (Å²) in [4.78, 5) is 27.4. The maximum atomic E-state index is 12.3. The van der Waals surface area contributed by atoms with Crippen molar-refractivity contribution < 1.29 is 9.53 Å². The summed E-state index contributed by atoms with van der Waals surface area (Å²) in [5, 5.41) is 3.06. The van der Waals surface area contributed by atoms with Gasteiger partial charge in [0.1, 0.15) is 5.75 Å². The van der Waals surface area contributed by atoms with Crippen LogP contribution in [0.15, 0.2) is 30.6 Å². The molecular weight excluding hydrogens is 330 g/mol. The number of carbonyl (C=O) groups excluding carboxylic acids is 1. The van der Waals surface area contributed by atoms with Gasteiger partial charge in [-0.2, -0.15) is 0 Å². The molecule has 3 rings (SSSR count). The highest BCUT2D eigenvalue weighted by Gasteiger charge is 2.23. The topological polar surface area (TPSA) is 80.2 Å². The Morgan fingerprint density at radius 2 is 2.15 bits per heavy atom. The molecule has 1 N–H and O–H groups in total. The van der Waals surface area contributed by atoms with Gasteiger partial charge in [0.05, 0.1) is 5.69 Å². The average Bonchev–Trinajstić information content (AvgIpc) is 2.68. The minimum atomic E-state index is -0.117. The second-order valence-corrected chi connectivity index (χ2v) is 6.44. The molecule has 0 bridgehead atoms. The zero-order chi connectivity index (χ0) is 18.4. The highest BCUT2D eigenvalue weighted by atomic mass is 16.5. The number of piperidine rings is 1. The van der Waals surface area contributed by atoms with Crippen LogP contribution in [0.4, 0.5) is 5.95 Å². The van der Waals surface area contributed by atoms with Crippen LogP contribution in [-0.2, 0) is 11.2 Å². The number of ether oxygens (including phenoxy) is 1. The molecule has 1 atom stereocenters. The molecule has 0 saturated carbocycles. The van der Waals surface area contributed by atoms with Crippen molar-refractivity contribution in [3.05, 3.63) is 42.0 Å². The van der Waals surface area contributed by atoms with E-state index in [1.807, 2.05) is 26.0 Å². The molecule has 1 aliphatic heterocycles. The maximum absolute atomic E-state index is 12.3. The van der Waals surface area contributed by atoms with E-state index in [1.54, 1.807) is 18.5 Å². The second kappa shape index (κ2) is 8.60. The highest BCUT2D eigenvalue weighted by molar-refractivity contribution is 5.78. The van der Waals surface area contributed by atoms with Crippen LogP contribution < -0.4 is 15.0 Å². The predicted molar refractivity (Wildman–Crippen MR) is 99.3 cm³/mol. The Hall–Kier alpha value is -2.70. The van der Waals surface area contributed by atoms with E-state index in [4.69, 9.17) is 4.74 Å². The SMILES string of the molecule is CCc1nc(C)ccc1OCC(=O)NC1CCCN(c2ncccn2)C1. The zero-order valence-electron chi connectivity index (χ0n) is 15.3. The Morgan fingerprint density at radius 3 is 2.92 bits per heavy atom. The standard InChI is InChI=1S/C19H25N5O2/c1-3-16-17(8-7-14(2)22-16)26-13-18(25)23-15-6-4-11-24(12-15)19-20-9-5-10-21-19/h5,7-10,15H,3-4,6,11-13H2,1-2H3,(H,23,25). The largest absolute Gasteiger partial charge is 0.482 e. The molecule has 0 spiro atoms. The van der Waals surface area contributed by atoms with Gasteiger partial charge in [-0.15, -0.1) is 0 Å². The van der Waals surface area contributed by atoms with Crippen LogP contribution >= 0.6 is 0 Å². The Balaban J connectivity index is 1.52. The Kier molecular flexibility index (Phi) is 5.99. The number of rotatable bonds is 6. The lowest BCUT2D eigenvalue weighted by Crippen LogP contribution is -2.49. The lowest BCUT2D eigenvalue weighted by molar-refractivity contribution is -0.123. The molecule has 3 heterocycles. The van der Waals surface area contributed by atoms with E-state index in [-0.39, 0.29) is 18.6 Å². The zero-order valence-corrected chi connectivity index (χ0v) is 15.3. The monoisotopic (exact) mass is 355 g/mol. The third kappa shape index (κ3) is 4.68. The van der Waals surface area contributed by atoms with E-state index in [9.17, 15) is 4.79 Å². The lowest BCUT2D eigenvalue weighted by Gasteiger charge is -2.33. The molecule has 7 nitrogen and oxygen atoms in total. The molecule has 2 aromatic rings. The van der Waals surface area contributed by atoms with E-state index in [0.717, 1.165) is 37.2 Å². The molecular formula is C19H25N5O2. The third-order valence-corrected chi connectivity index (χ3v) is 4.39. The molecule has 0 aromatic carbocycles. The summed E-state index contributed by atoms with van der Waals surface area (Å²) in [5.74, 6) is 1.27. The minimum Gasteiger partial charge on any atom is -0.482 e. The Morgan fingerprint density at radius 1 is 1.35 bits per heavy atom. The Bertz CT molecular complexity index is 738. The first-order valence-corrected chi connectivity index (χ1v) is 9.06. The van der Waals surface area contributed by atoms with Gasteiger partial charge >= 0.3 is 0 Å². The number of amides is 1. The van der Waals surface area contributed by atoms with Gasteiger partial charge in [-0.05, 0) is 44.4 Å². The molecule has 1 saturated heterocycles. The summed E-state index contributed by atoms with van der Waals surface area (Å²) < 4.78 is 5.69. The maximum Gasteiger partial charge on any atom is 0.258 e. The van der Waals surface area contributed by atoms with E-state index < -0.39 is 0 Å². The van der Waals surface area contributed by atoms with Gasteiger partial charge in [-0.25, -0.2) is 9.97 Å². The number of nitrogens with one attached hydrogen (secondary N) is 1. The van der Waals surface area contributed by atoms with Crippen molar-refractivity contribution in [3.63, 3.8) is 0 Å². The Labute approximate surface area is 153 Å². The number of hydrogen-bond acceptors (Lipinski definition) is 6. The average molecular weight is 355 g/mol. The molecule has 0 radical (unpaired) electrons. The van der Waals surface area contributed by atoms with Gasteiger partial charge in [0, 0.05) is 37.2 Å². The molecule has 1 unspecified atom stereocenters. The van der Waals surface area contributed by atoms with Gasteiger partial charge < -0.3 is 15.0 Å². The fourth-order valence-corrected chi connectivity index (χ4v) is 3.13. The van der Waals surface area contributed by atoms with Gasteiger partial charge in [0.2, 0.25) is 5.95 Å². The number of carbonyl (C=O) groups is 1. The summed E-state index contributed by atoms with van der Waals surface area (Å²) in [6.45, 7) is 5.58. The normalized spacial score (nSPS) is 17.0. The quantitative estimate of drug-likeness (QED) is 0.853. The molecule has 1 aliphatic rings. The van der Waals surface area contributed by atoms with E-state index in [0.29, 0.717) is 18.2 Å². The second-order valence-electron chi connectivity index (χ2n) is 6.44. The van der Waals surface area contributed by atoms with E-state index in [2.05, 4.69) is 25.2 Å². The highest BCUT2D eigenvalue weighted by Crippen LogP contribution is 2.18. The molecule has 1 amide bonds. The molecule has 138 valence electrons. The molecule has 26 heavy (non-hydrogen) atoms. The summed E-state index contributed by atoms with van der Waals surface area (Å²) in [6, 6.07) is 5.65. The first kappa shape index (κ1) is 18.1. The van der Waals surface area contributed by atoms with Crippen LogP contribution in [0.1, 0.15) is 31.2 Å². The fraction of sp³-hybridized carbons (Fsp3) is 0.474.